The maximum atomic E-state index is 3.91. The van der Waals surface area contributed by atoms with Gasteiger partial charge in [-0.3, -0.25) is 0 Å². The van der Waals surface area contributed by atoms with Gasteiger partial charge in [-0.15, -0.1) is 0 Å². The third-order valence-corrected chi connectivity index (χ3v) is 7.39. The Balaban J connectivity index is 1.63. The van der Waals surface area contributed by atoms with Crippen molar-refractivity contribution in [2.45, 2.75) is 13.5 Å². The topological polar surface area (TPSA) is 9.86 Å². The summed E-state index contributed by atoms with van der Waals surface area (Å²) < 4.78 is 4.92. The molecule has 0 amide bonds. The predicted molar refractivity (Wildman–Crippen MR) is 154 cm³/mol. The second-order valence-electron chi connectivity index (χ2n) is 9.60. The van der Waals surface area contributed by atoms with Crippen molar-refractivity contribution in [2.24, 2.45) is 0 Å². The van der Waals surface area contributed by atoms with Gasteiger partial charge in [0.1, 0.15) is 0 Å². The highest BCUT2D eigenvalue weighted by Crippen LogP contribution is 2.41. The fourth-order valence-electron chi connectivity index (χ4n) is 5.72. The molecule has 172 valence electrons. The second kappa shape index (κ2) is 8.00. The fraction of sp³-hybridized carbons (Fsp3) is 0.0588. The lowest BCUT2D eigenvalue weighted by molar-refractivity contribution is 0.871. The van der Waals surface area contributed by atoms with E-state index in [1.54, 1.807) is 0 Å². The molecule has 7 aromatic rings. The van der Waals surface area contributed by atoms with Crippen LogP contribution in [-0.4, -0.2) is 9.13 Å². The van der Waals surface area contributed by atoms with Crippen molar-refractivity contribution in [1.29, 1.82) is 0 Å². The van der Waals surface area contributed by atoms with E-state index in [-0.39, 0.29) is 0 Å². The van der Waals surface area contributed by atoms with Crippen LogP contribution in [-0.2, 0) is 6.54 Å². The van der Waals surface area contributed by atoms with Crippen LogP contribution in [0.15, 0.2) is 116 Å². The highest BCUT2D eigenvalue weighted by molar-refractivity contribution is 6.25. The number of rotatable bonds is 4. The molecule has 2 nitrogen and oxygen atoms in total. The number of aromatic nitrogens is 2. The first kappa shape index (κ1) is 20.8. The number of fused-ring (bicyclic) bond motifs is 7. The Morgan fingerprint density at radius 3 is 2.22 bits per heavy atom. The molecule has 0 aliphatic rings. The zero-order valence-electron chi connectivity index (χ0n) is 20.3. The Kier molecular flexibility index (Phi) is 4.62. The molecule has 2 heterocycles. The predicted octanol–water partition coefficient (Wildman–Crippen LogP) is 8.89. The number of para-hydroxylation sites is 2. The molecular weight excluding hydrogens is 436 g/mol. The van der Waals surface area contributed by atoms with Gasteiger partial charge in [0.2, 0.25) is 0 Å². The number of benzene rings is 5. The van der Waals surface area contributed by atoms with Gasteiger partial charge in [-0.1, -0.05) is 91.5 Å². The molecule has 0 unspecified atom stereocenters. The van der Waals surface area contributed by atoms with Gasteiger partial charge in [0.05, 0.1) is 16.6 Å². The van der Waals surface area contributed by atoms with Crippen LogP contribution in [0.25, 0.3) is 55.4 Å². The lowest BCUT2D eigenvalue weighted by Gasteiger charge is -2.10. The third kappa shape index (κ3) is 3.04. The van der Waals surface area contributed by atoms with Gasteiger partial charge < -0.3 is 9.13 Å². The maximum absolute atomic E-state index is 3.91. The molecule has 0 spiro atoms. The zero-order chi connectivity index (χ0) is 24.2. The molecule has 36 heavy (non-hydrogen) atoms. The van der Waals surface area contributed by atoms with Gasteiger partial charge >= 0.3 is 0 Å². The summed E-state index contributed by atoms with van der Waals surface area (Å²) in [5, 5.41) is 5.19. The summed E-state index contributed by atoms with van der Waals surface area (Å²) in [7, 11) is 0. The Morgan fingerprint density at radius 2 is 1.42 bits per heavy atom. The first-order valence-electron chi connectivity index (χ1n) is 12.4. The van der Waals surface area contributed by atoms with E-state index in [0.29, 0.717) is 0 Å². The molecule has 0 radical (unpaired) electrons. The smallest absolute Gasteiger partial charge is 0.0596 e. The van der Waals surface area contributed by atoms with Gasteiger partial charge in [0.25, 0.3) is 0 Å². The van der Waals surface area contributed by atoms with E-state index in [4.69, 9.17) is 0 Å². The second-order valence-corrected chi connectivity index (χ2v) is 9.60. The number of hydrogen-bond acceptors (Lipinski definition) is 0. The Morgan fingerprint density at radius 1 is 0.667 bits per heavy atom. The van der Waals surface area contributed by atoms with E-state index < -0.39 is 0 Å². The summed E-state index contributed by atoms with van der Waals surface area (Å²) in [6.07, 6.45) is 1.90. The van der Waals surface area contributed by atoms with Crippen molar-refractivity contribution >= 4 is 49.7 Å². The average Bonchev–Trinajstić information content (AvgIpc) is 3.42. The van der Waals surface area contributed by atoms with Gasteiger partial charge in [0, 0.05) is 39.3 Å². The SMILES string of the molecule is C=Cc1ccc(Cn2c3ccccc3c3ccc4c(c5ccc(C)cc5n4-c4ccccc4)c32)cc1. The molecule has 0 aliphatic carbocycles. The van der Waals surface area contributed by atoms with Crippen molar-refractivity contribution in [2.75, 3.05) is 0 Å². The van der Waals surface area contributed by atoms with Gasteiger partial charge in [0.15, 0.2) is 0 Å². The molecule has 5 aromatic carbocycles. The lowest BCUT2D eigenvalue weighted by Crippen LogP contribution is -2.00. The number of aryl methyl sites for hydroxylation is 1. The largest absolute Gasteiger partial charge is 0.335 e. The minimum Gasteiger partial charge on any atom is -0.335 e. The van der Waals surface area contributed by atoms with Gasteiger partial charge in [-0.2, -0.15) is 0 Å². The molecule has 0 saturated heterocycles. The first-order chi connectivity index (χ1) is 17.7. The minimum atomic E-state index is 0.810. The van der Waals surface area contributed by atoms with Crippen molar-refractivity contribution in [3.8, 4) is 5.69 Å². The van der Waals surface area contributed by atoms with Crippen molar-refractivity contribution in [3.05, 3.63) is 132 Å². The minimum absolute atomic E-state index is 0.810. The lowest BCUT2D eigenvalue weighted by atomic mass is 10.1. The zero-order valence-corrected chi connectivity index (χ0v) is 20.3. The summed E-state index contributed by atoms with van der Waals surface area (Å²) >= 11 is 0. The number of hydrogen-bond donors (Lipinski definition) is 0. The van der Waals surface area contributed by atoms with E-state index in [9.17, 15) is 0 Å². The molecular formula is C34H26N2. The summed E-state index contributed by atoms with van der Waals surface area (Å²) in [5.74, 6) is 0. The monoisotopic (exact) mass is 462 g/mol. The molecule has 0 fully saturated rings. The van der Waals surface area contributed by atoms with Crippen LogP contribution in [0.5, 0.6) is 0 Å². The normalized spacial score (nSPS) is 11.7. The quantitative estimate of drug-likeness (QED) is 0.247. The maximum Gasteiger partial charge on any atom is 0.0596 e. The van der Waals surface area contributed by atoms with Crippen LogP contribution in [0.1, 0.15) is 16.7 Å². The van der Waals surface area contributed by atoms with Crippen LogP contribution in [0.2, 0.25) is 0 Å². The van der Waals surface area contributed by atoms with E-state index >= 15 is 0 Å². The Bertz CT molecular complexity index is 1920. The van der Waals surface area contributed by atoms with Crippen molar-refractivity contribution < 1.29 is 0 Å². The van der Waals surface area contributed by atoms with E-state index in [0.717, 1.165) is 12.1 Å². The molecule has 0 N–H and O–H groups in total. The Hall–Kier alpha value is -4.56. The average molecular weight is 463 g/mol. The summed E-state index contributed by atoms with van der Waals surface area (Å²) in [6.45, 7) is 6.89. The van der Waals surface area contributed by atoms with Gasteiger partial charge in [-0.25, -0.2) is 0 Å². The first-order valence-corrected chi connectivity index (χ1v) is 12.4. The molecule has 2 aromatic heterocycles. The summed E-state index contributed by atoms with van der Waals surface area (Å²) in [6, 6.07) is 39.7. The standard InChI is InChI=1S/C34H26N2/c1-3-24-14-16-25(17-15-24)22-35-30-12-8-7-11-27(30)28-19-20-31-33(34(28)35)29-18-13-23(2)21-32(29)36(31)26-9-5-4-6-10-26/h3-21H,1,22H2,2H3. The molecule has 0 aliphatic heterocycles. The van der Waals surface area contributed by atoms with E-state index in [2.05, 4.69) is 132 Å². The molecule has 0 bridgehead atoms. The number of nitrogens with zero attached hydrogens (tertiary/aromatic N) is 2. The molecule has 0 atom stereocenters. The fourth-order valence-corrected chi connectivity index (χ4v) is 5.72. The summed E-state index contributed by atoms with van der Waals surface area (Å²) in [5.41, 5.74) is 9.92. The van der Waals surface area contributed by atoms with Crippen LogP contribution < -0.4 is 0 Å². The van der Waals surface area contributed by atoms with Crippen LogP contribution >= 0.6 is 0 Å². The van der Waals surface area contributed by atoms with Crippen LogP contribution in [0.3, 0.4) is 0 Å². The van der Waals surface area contributed by atoms with Crippen molar-refractivity contribution in [3.63, 3.8) is 0 Å². The Labute approximate surface area is 210 Å². The highest BCUT2D eigenvalue weighted by Gasteiger charge is 2.20. The van der Waals surface area contributed by atoms with E-state index in [1.165, 1.54) is 60.4 Å². The molecule has 0 saturated carbocycles. The van der Waals surface area contributed by atoms with Crippen LogP contribution in [0.4, 0.5) is 0 Å². The molecule has 7 rings (SSSR count). The van der Waals surface area contributed by atoms with Gasteiger partial charge in [-0.05, 0) is 53.9 Å². The van der Waals surface area contributed by atoms with Crippen molar-refractivity contribution in [1.82, 2.24) is 9.13 Å². The summed E-state index contributed by atoms with van der Waals surface area (Å²) in [4.78, 5) is 0. The van der Waals surface area contributed by atoms with Crippen LogP contribution in [0, 0.1) is 6.92 Å². The molecule has 2 heteroatoms. The van der Waals surface area contributed by atoms with E-state index in [1.807, 2.05) is 6.08 Å². The third-order valence-electron chi connectivity index (χ3n) is 7.39. The highest BCUT2D eigenvalue weighted by atomic mass is 15.0.